The molecule has 7 heteroatoms. The zero-order chi connectivity index (χ0) is 15.6. The minimum absolute atomic E-state index is 0.0527. The molecule has 6 nitrogen and oxygen atoms in total. The number of benzene rings is 1. The average molecular weight is 317 g/mol. The SMILES string of the molecule is O=CN(c1ncc([N+](=O)[O-])s1)C1(c2ccccc2)CCCC1. The summed E-state index contributed by atoms with van der Waals surface area (Å²) >= 11 is 0.938. The van der Waals surface area contributed by atoms with Gasteiger partial charge in [-0.3, -0.25) is 19.8 Å². The number of thiazole rings is 1. The van der Waals surface area contributed by atoms with Gasteiger partial charge < -0.3 is 0 Å². The van der Waals surface area contributed by atoms with Crippen molar-refractivity contribution < 1.29 is 9.72 Å². The van der Waals surface area contributed by atoms with Gasteiger partial charge in [0.25, 0.3) is 0 Å². The topological polar surface area (TPSA) is 76.3 Å². The monoisotopic (exact) mass is 317 g/mol. The highest BCUT2D eigenvalue weighted by atomic mass is 32.1. The second-order valence-corrected chi connectivity index (χ2v) is 6.31. The Labute approximate surface area is 131 Å². The summed E-state index contributed by atoms with van der Waals surface area (Å²) in [6.45, 7) is 0. The molecule has 1 aromatic heterocycles. The summed E-state index contributed by atoms with van der Waals surface area (Å²) in [5, 5.41) is 11.2. The van der Waals surface area contributed by atoms with Gasteiger partial charge in [-0.2, -0.15) is 0 Å². The third kappa shape index (κ3) is 2.37. The van der Waals surface area contributed by atoms with E-state index in [1.807, 2.05) is 30.3 Å². The first-order chi connectivity index (χ1) is 10.7. The Morgan fingerprint density at radius 2 is 1.95 bits per heavy atom. The van der Waals surface area contributed by atoms with Gasteiger partial charge in [-0.05, 0) is 29.7 Å². The fraction of sp³-hybridized carbons (Fsp3) is 0.333. The van der Waals surface area contributed by atoms with E-state index < -0.39 is 10.5 Å². The molecule has 1 aromatic carbocycles. The van der Waals surface area contributed by atoms with Gasteiger partial charge in [0.15, 0.2) is 5.13 Å². The number of nitrogens with zero attached hydrogens (tertiary/aromatic N) is 3. The molecule has 0 radical (unpaired) electrons. The van der Waals surface area contributed by atoms with E-state index in [0.29, 0.717) is 5.13 Å². The summed E-state index contributed by atoms with van der Waals surface area (Å²) in [6, 6.07) is 9.84. The highest BCUT2D eigenvalue weighted by molar-refractivity contribution is 7.18. The first kappa shape index (κ1) is 14.6. The van der Waals surface area contributed by atoms with Crippen LogP contribution in [-0.2, 0) is 10.3 Å². The maximum absolute atomic E-state index is 11.8. The van der Waals surface area contributed by atoms with E-state index in [2.05, 4.69) is 4.98 Å². The Morgan fingerprint density at radius 3 is 2.50 bits per heavy atom. The first-order valence-corrected chi connectivity index (χ1v) is 7.89. The van der Waals surface area contributed by atoms with E-state index in [0.717, 1.165) is 49.0 Å². The first-order valence-electron chi connectivity index (χ1n) is 7.08. The van der Waals surface area contributed by atoms with Gasteiger partial charge in [0, 0.05) is 0 Å². The zero-order valence-corrected chi connectivity index (χ0v) is 12.7. The van der Waals surface area contributed by atoms with Crippen LogP contribution >= 0.6 is 11.3 Å². The lowest BCUT2D eigenvalue weighted by molar-refractivity contribution is -0.380. The minimum Gasteiger partial charge on any atom is -0.280 e. The van der Waals surface area contributed by atoms with E-state index in [4.69, 9.17) is 0 Å². The molecule has 1 aliphatic rings. The van der Waals surface area contributed by atoms with Crippen LogP contribution in [0.1, 0.15) is 31.2 Å². The molecule has 1 saturated carbocycles. The predicted octanol–water partition coefficient (Wildman–Crippen LogP) is 3.48. The number of hydrogen-bond donors (Lipinski definition) is 0. The van der Waals surface area contributed by atoms with Crippen LogP contribution in [0.25, 0.3) is 0 Å². The van der Waals surface area contributed by atoms with Crippen molar-refractivity contribution in [2.45, 2.75) is 31.2 Å². The number of anilines is 1. The molecule has 0 atom stereocenters. The van der Waals surface area contributed by atoms with Gasteiger partial charge in [0.05, 0.1) is 10.5 Å². The highest BCUT2D eigenvalue weighted by Crippen LogP contribution is 2.46. The van der Waals surface area contributed by atoms with Crippen molar-refractivity contribution in [3.63, 3.8) is 0 Å². The van der Waals surface area contributed by atoms with E-state index in [1.54, 1.807) is 4.90 Å². The molecular formula is C15H15N3O3S. The van der Waals surface area contributed by atoms with Crippen molar-refractivity contribution in [3.8, 4) is 0 Å². The Morgan fingerprint density at radius 1 is 1.27 bits per heavy atom. The lowest BCUT2D eigenvalue weighted by atomic mass is 9.87. The summed E-state index contributed by atoms with van der Waals surface area (Å²) in [5.74, 6) is 0. The predicted molar refractivity (Wildman–Crippen MR) is 83.9 cm³/mol. The number of carbonyl (C=O) groups is 1. The molecule has 3 rings (SSSR count). The van der Waals surface area contributed by atoms with Crippen molar-refractivity contribution in [3.05, 3.63) is 52.2 Å². The molecule has 0 saturated heterocycles. The Hall–Kier alpha value is -2.28. The van der Waals surface area contributed by atoms with E-state index in [1.165, 1.54) is 6.20 Å². The van der Waals surface area contributed by atoms with Crippen molar-refractivity contribution >= 4 is 27.9 Å². The fourth-order valence-corrected chi connectivity index (χ4v) is 3.95. The van der Waals surface area contributed by atoms with Crippen LogP contribution < -0.4 is 4.90 Å². The van der Waals surface area contributed by atoms with E-state index >= 15 is 0 Å². The lowest BCUT2D eigenvalue weighted by Gasteiger charge is -2.37. The van der Waals surface area contributed by atoms with Gasteiger partial charge in [-0.25, -0.2) is 4.98 Å². The number of nitro groups is 1. The molecule has 1 amide bonds. The summed E-state index contributed by atoms with van der Waals surface area (Å²) < 4.78 is 0. The number of hydrogen-bond acceptors (Lipinski definition) is 5. The normalized spacial score (nSPS) is 16.4. The zero-order valence-electron chi connectivity index (χ0n) is 11.8. The van der Waals surface area contributed by atoms with Crippen LogP contribution in [0.4, 0.5) is 10.1 Å². The summed E-state index contributed by atoms with van der Waals surface area (Å²) in [7, 11) is 0. The van der Waals surface area contributed by atoms with Crippen molar-refractivity contribution in [1.29, 1.82) is 0 Å². The molecule has 0 bridgehead atoms. The van der Waals surface area contributed by atoms with Crippen LogP contribution in [0, 0.1) is 10.1 Å². The molecule has 0 spiro atoms. The summed E-state index contributed by atoms with van der Waals surface area (Å²) in [6.07, 6.45) is 5.68. The largest absolute Gasteiger partial charge is 0.345 e. The molecule has 114 valence electrons. The van der Waals surface area contributed by atoms with Gasteiger partial charge in [0.1, 0.15) is 6.20 Å². The van der Waals surface area contributed by atoms with Crippen LogP contribution in [0.3, 0.4) is 0 Å². The Balaban J connectivity index is 2.05. The third-order valence-corrected chi connectivity index (χ3v) is 5.12. The maximum Gasteiger partial charge on any atom is 0.345 e. The molecule has 2 aromatic rings. The van der Waals surface area contributed by atoms with Crippen LogP contribution in [0.15, 0.2) is 36.5 Å². The van der Waals surface area contributed by atoms with Crippen molar-refractivity contribution in [2.24, 2.45) is 0 Å². The van der Waals surface area contributed by atoms with Crippen molar-refractivity contribution in [1.82, 2.24) is 4.98 Å². The van der Waals surface area contributed by atoms with Crippen LogP contribution in [0.2, 0.25) is 0 Å². The highest BCUT2D eigenvalue weighted by Gasteiger charge is 2.43. The molecule has 0 N–H and O–H groups in total. The standard InChI is InChI=1S/C15H15N3O3S/c19-11-17(14-16-10-13(22-14)18(20)21)15(8-4-5-9-15)12-6-2-1-3-7-12/h1-3,6-7,10-11H,4-5,8-9H2. The van der Waals surface area contributed by atoms with Gasteiger partial charge >= 0.3 is 5.00 Å². The molecule has 1 heterocycles. The number of carbonyl (C=O) groups excluding carboxylic acids is 1. The smallest absolute Gasteiger partial charge is 0.280 e. The summed E-state index contributed by atoms with van der Waals surface area (Å²) in [5.41, 5.74) is 0.604. The van der Waals surface area contributed by atoms with Crippen molar-refractivity contribution in [2.75, 3.05) is 4.90 Å². The Bertz CT molecular complexity index is 680. The molecule has 22 heavy (non-hydrogen) atoms. The molecule has 1 aliphatic carbocycles. The van der Waals surface area contributed by atoms with Crippen LogP contribution in [-0.4, -0.2) is 16.3 Å². The quantitative estimate of drug-likeness (QED) is 0.480. The lowest BCUT2D eigenvalue weighted by Crippen LogP contribution is -2.43. The van der Waals surface area contributed by atoms with E-state index in [-0.39, 0.29) is 5.00 Å². The second kappa shape index (κ2) is 5.84. The van der Waals surface area contributed by atoms with Gasteiger partial charge in [-0.1, -0.05) is 43.2 Å². The van der Waals surface area contributed by atoms with Crippen LogP contribution in [0.5, 0.6) is 0 Å². The second-order valence-electron chi connectivity index (χ2n) is 5.32. The minimum atomic E-state index is -0.478. The maximum atomic E-state index is 11.8. The van der Waals surface area contributed by atoms with Gasteiger partial charge in [0.2, 0.25) is 6.41 Å². The average Bonchev–Trinajstić information content (AvgIpc) is 3.19. The fourth-order valence-electron chi connectivity index (χ4n) is 3.16. The van der Waals surface area contributed by atoms with Gasteiger partial charge in [-0.15, -0.1) is 0 Å². The molecular weight excluding hydrogens is 302 g/mol. The summed E-state index contributed by atoms with van der Waals surface area (Å²) in [4.78, 5) is 27.8. The number of amides is 1. The third-order valence-electron chi connectivity index (χ3n) is 4.18. The molecule has 0 aliphatic heterocycles. The number of aromatic nitrogens is 1. The number of rotatable bonds is 5. The molecule has 0 unspecified atom stereocenters. The molecule has 1 fully saturated rings. The van der Waals surface area contributed by atoms with E-state index in [9.17, 15) is 14.9 Å². The Kier molecular flexibility index (Phi) is 3.89.